The number of fused-ring (bicyclic) bond motifs is 4. The molecule has 0 aliphatic carbocycles. The van der Waals surface area contributed by atoms with E-state index in [2.05, 4.69) is 88.4 Å². The Morgan fingerprint density at radius 2 is 0.968 bits per heavy atom. The van der Waals surface area contributed by atoms with E-state index in [0.29, 0.717) is 0 Å². The molecule has 0 aliphatic heterocycles. The Hall–Kier alpha value is -2.34. The summed E-state index contributed by atoms with van der Waals surface area (Å²) < 4.78 is 0. The number of aryl methyl sites for hydroxylation is 1. The van der Waals surface area contributed by atoms with Gasteiger partial charge in [0.1, 0.15) is 0 Å². The van der Waals surface area contributed by atoms with Crippen molar-refractivity contribution < 1.29 is 0 Å². The highest BCUT2D eigenvalue weighted by atomic mass is 14.2. The molecule has 0 N–H and O–H groups in total. The van der Waals surface area contributed by atoms with Crippen LogP contribution < -0.4 is 0 Å². The third-order valence-electron chi connectivity index (χ3n) is 4.84. The molecule has 0 saturated heterocycles. The van der Waals surface area contributed by atoms with E-state index in [9.17, 15) is 0 Å². The number of rotatable bonds is 0. The second-order valence-electron chi connectivity index (χ2n) is 7.59. The van der Waals surface area contributed by atoms with Gasteiger partial charge in [0.2, 0.25) is 0 Å². The van der Waals surface area contributed by atoms with Gasteiger partial charge in [-0.2, -0.15) is 0 Å². The number of hydrogen-bond donors (Lipinski definition) is 0. The highest BCUT2D eigenvalue weighted by molar-refractivity contribution is 6.12. The smallest absolute Gasteiger partial charge is 0.00989 e. The highest BCUT2D eigenvalue weighted by Gasteiger charge is 2.19. The Morgan fingerprint density at radius 1 is 0.484 bits per heavy atom. The molecule has 0 bridgehead atoms. The fraction of sp³-hybridized carbons (Fsp3) is 0.419. The summed E-state index contributed by atoms with van der Waals surface area (Å²) in [7, 11) is 0. The van der Waals surface area contributed by atoms with Crippen molar-refractivity contribution in [2.45, 2.75) is 88.5 Å². The van der Waals surface area contributed by atoms with Gasteiger partial charge in [0.25, 0.3) is 0 Å². The number of benzene rings is 4. The van der Waals surface area contributed by atoms with Crippen molar-refractivity contribution in [1.82, 2.24) is 0 Å². The van der Waals surface area contributed by atoms with E-state index in [4.69, 9.17) is 0 Å². The first kappa shape index (κ1) is 28.7. The molecule has 0 unspecified atom stereocenters. The topological polar surface area (TPSA) is 0 Å². The molecule has 0 spiro atoms. The minimum atomic E-state index is 0.141. The fourth-order valence-electron chi connectivity index (χ4n) is 3.93. The van der Waals surface area contributed by atoms with Gasteiger partial charge in [-0.15, -0.1) is 0 Å². The molecular weight excluding hydrogens is 372 g/mol. The highest BCUT2D eigenvalue weighted by Crippen LogP contribution is 2.36. The first-order valence-corrected chi connectivity index (χ1v) is 12.3. The lowest BCUT2D eigenvalue weighted by molar-refractivity contribution is 0.592. The molecule has 0 radical (unpaired) electrons. The Balaban J connectivity index is 0.00000102. The molecule has 4 aromatic carbocycles. The molecule has 0 atom stereocenters. The molecule has 0 saturated carbocycles. The van der Waals surface area contributed by atoms with Crippen LogP contribution >= 0.6 is 0 Å². The molecule has 0 amide bonds. The fourth-order valence-corrected chi connectivity index (χ4v) is 3.93. The van der Waals surface area contributed by atoms with Crippen LogP contribution in [0.15, 0.2) is 60.7 Å². The van der Waals surface area contributed by atoms with Gasteiger partial charge in [0.05, 0.1) is 0 Å². The summed E-state index contributed by atoms with van der Waals surface area (Å²) in [6.07, 6.45) is 0. The van der Waals surface area contributed by atoms with Crippen LogP contribution in [0.5, 0.6) is 0 Å². The molecule has 0 nitrogen and oxygen atoms in total. The normalized spacial score (nSPS) is 9.94. The Morgan fingerprint density at radius 3 is 1.55 bits per heavy atom. The second kappa shape index (κ2) is 13.9. The van der Waals surface area contributed by atoms with Crippen LogP contribution in [0, 0.1) is 6.92 Å². The maximum absolute atomic E-state index is 2.40. The van der Waals surface area contributed by atoms with Crippen LogP contribution in [0.1, 0.15) is 87.3 Å². The quantitative estimate of drug-likeness (QED) is 0.197. The maximum Gasteiger partial charge on any atom is -0.00989 e. The summed E-state index contributed by atoms with van der Waals surface area (Å²) in [6.45, 7) is 25.2. The SMILES string of the molecule is CC.CC.CC.CC.Cc1ccc2cc3ccc4ccccc4c3cc2c1C(C)(C)C. The van der Waals surface area contributed by atoms with Gasteiger partial charge < -0.3 is 0 Å². The Labute approximate surface area is 192 Å². The second-order valence-corrected chi connectivity index (χ2v) is 7.59. The zero-order valence-corrected chi connectivity index (χ0v) is 22.3. The monoisotopic (exact) mass is 418 g/mol. The summed E-state index contributed by atoms with van der Waals surface area (Å²) in [4.78, 5) is 0. The average Bonchev–Trinajstić information content (AvgIpc) is 2.82. The van der Waals surface area contributed by atoms with E-state index >= 15 is 0 Å². The van der Waals surface area contributed by atoms with E-state index in [-0.39, 0.29) is 5.41 Å². The van der Waals surface area contributed by atoms with Crippen LogP contribution in [-0.4, -0.2) is 0 Å². The van der Waals surface area contributed by atoms with Gasteiger partial charge in [0, 0.05) is 0 Å². The van der Waals surface area contributed by atoms with Crippen molar-refractivity contribution in [3.8, 4) is 0 Å². The van der Waals surface area contributed by atoms with Gasteiger partial charge >= 0.3 is 0 Å². The standard InChI is InChI=1S/C23H22.4C2H6/c1-15-9-10-18-13-17-12-11-16-7-5-6-8-19(16)20(17)14-21(18)22(15)23(2,3)4;4*1-2/h5-14H,1-4H3;4*1-2H3. The molecular formula is C31H46. The van der Waals surface area contributed by atoms with Crippen molar-refractivity contribution >= 4 is 32.3 Å². The molecule has 0 fully saturated rings. The maximum atomic E-state index is 2.40. The van der Waals surface area contributed by atoms with E-state index in [1.54, 1.807) is 0 Å². The Bertz CT molecular complexity index is 1050. The van der Waals surface area contributed by atoms with Crippen LogP contribution in [-0.2, 0) is 5.41 Å². The van der Waals surface area contributed by atoms with E-state index in [0.717, 1.165) is 0 Å². The lowest BCUT2D eigenvalue weighted by Crippen LogP contribution is -2.13. The lowest BCUT2D eigenvalue weighted by Gasteiger charge is -2.24. The van der Waals surface area contributed by atoms with Gasteiger partial charge in [0.15, 0.2) is 0 Å². The van der Waals surface area contributed by atoms with Crippen molar-refractivity contribution in [1.29, 1.82) is 0 Å². The summed E-state index contributed by atoms with van der Waals surface area (Å²) >= 11 is 0. The third kappa shape index (κ3) is 6.57. The Kier molecular flexibility index (Phi) is 12.8. The van der Waals surface area contributed by atoms with E-state index in [1.807, 2.05) is 55.4 Å². The van der Waals surface area contributed by atoms with Gasteiger partial charge in [-0.1, -0.05) is 125 Å². The molecule has 4 rings (SSSR count). The molecule has 0 aromatic heterocycles. The molecule has 0 heterocycles. The van der Waals surface area contributed by atoms with Crippen molar-refractivity contribution in [3.05, 3.63) is 71.8 Å². The predicted molar refractivity (Wildman–Crippen MR) is 148 cm³/mol. The molecule has 0 aliphatic rings. The summed E-state index contributed by atoms with van der Waals surface area (Å²) in [6, 6.07) is 22.4. The van der Waals surface area contributed by atoms with E-state index < -0.39 is 0 Å². The third-order valence-corrected chi connectivity index (χ3v) is 4.84. The minimum absolute atomic E-state index is 0.141. The van der Waals surface area contributed by atoms with Crippen LogP contribution in [0.2, 0.25) is 0 Å². The van der Waals surface area contributed by atoms with Crippen LogP contribution in [0.25, 0.3) is 32.3 Å². The van der Waals surface area contributed by atoms with Gasteiger partial charge in [-0.25, -0.2) is 0 Å². The first-order valence-electron chi connectivity index (χ1n) is 12.3. The predicted octanol–water partition coefficient (Wildman–Crippen LogP) is 10.9. The van der Waals surface area contributed by atoms with Crippen molar-refractivity contribution in [2.75, 3.05) is 0 Å². The molecule has 170 valence electrons. The molecule has 0 heteroatoms. The largest absolute Gasteiger partial charge is 0.0683 e. The first-order chi connectivity index (χ1) is 14.9. The lowest BCUT2D eigenvalue weighted by atomic mass is 9.80. The average molecular weight is 419 g/mol. The number of hydrogen-bond acceptors (Lipinski definition) is 0. The zero-order valence-electron chi connectivity index (χ0n) is 22.3. The van der Waals surface area contributed by atoms with Crippen LogP contribution in [0.4, 0.5) is 0 Å². The van der Waals surface area contributed by atoms with Crippen molar-refractivity contribution in [3.63, 3.8) is 0 Å². The van der Waals surface area contributed by atoms with Crippen molar-refractivity contribution in [2.24, 2.45) is 0 Å². The van der Waals surface area contributed by atoms with Crippen LogP contribution in [0.3, 0.4) is 0 Å². The molecule has 4 aromatic rings. The zero-order chi connectivity index (χ0) is 24.2. The van der Waals surface area contributed by atoms with Gasteiger partial charge in [-0.05, 0) is 67.9 Å². The summed E-state index contributed by atoms with van der Waals surface area (Å²) in [5, 5.41) is 8.05. The van der Waals surface area contributed by atoms with Gasteiger partial charge in [-0.3, -0.25) is 0 Å². The van der Waals surface area contributed by atoms with E-state index in [1.165, 1.54) is 43.4 Å². The summed E-state index contributed by atoms with van der Waals surface area (Å²) in [5.41, 5.74) is 2.98. The minimum Gasteiger partial charge on any atom is -0.0683 e. The molecule has 31 heavy (non-hydrogen) atoms. The summed E-state index contributed by atoms with van der Waals surface area (Å²) in [5.74, 6) is 0.